The number of carboxylic acids is 1. The summed E-state index contributed by atoms with van der Waals surface area (Å²) in [6.07, 6.45) is 2.13. The number of aromatic nitrogens is 1. The van der Waals surface area contributed by atoms with Crippen LogP contribution < -0.4 is 0 Å². The third-order valence-corrected chi connectivity index (χ3v) is 2.56. The minimum atomic E-state index is -1.11. The Morgan fingerprint density at radius 1 is 1.47 bits per heavy atom. The summed E-state index contributed by atoms with van der Waals surface area (Å²) in [5.41, 5.74) is 0.997. The molecule has 0 aliphatic carbocycles. The average molecular weight is 224 g/mol. The van der Waals surface area contributed by atoms with Crippen LogP contribution in [-0.4, -0.2) is 22.3 Å². The number of halogens is 1. The number of hydrogen-bond acceptors (Lipinski definition) is 2. The standard InChI is InChI=1S/C10H6ClNO3/c11-9-6(10(14)15)1-2-7-8(9)5(4-13)3-12-7/h1-4,12H,(H,14,15). The van der Waals surface area contributed by atoms with Gasteiger partial charge in [-0.2, -0.15) is 0 Å². The van der Waals surface area contributed by atoms with Gasteiger partial charge in [0.05, 0.1) is 10.6 Å². The van der Waals surface area contributed by atoms with Gasteiger partial charge in [-0.3, -0.25) is 4.79 Å². The highest BCUT2D eigenvalue weighted by Crippen LogP contribution is 2.29. The van der Waals surface area contributed by atoms with Gasteiger partial charge in [-0.1, -0.05) is 11.6 Å². The van der Waals surface area contributed by atoms with Gasteiger partial charge < -0.3 is 10.1 Å². The third kappa shape index (κ3) is 1.39. The number of carbonyl (C=O) groups is 2. The number of aldehydes is 1. The Morgan fingerprint density at radius 3 is 2.80 bits per heavy atom. The van der Waals surface area contributed by atoms with E-state index in [-0.39, 0.29) is 10.6 Å². The summed E-state index contributed by atoms with van der Waals surface area (Å²) in [5, 5.41) is 9.38. The van der Waals surface area contributed by atoms with E-state index in [1.807, 2.05) is 0 Å². The average Bonchev–Trinajstić information content (AvgIpc) is 2.61. The Kier molecular flexibility index (Phi) is 2.21. The summed E-state index contributed by atoms with van der Waals surface area (Å²) in [5.74, 6) is -1.11. The van der Waals surface area contributed by atoms with Gasteiger partial charge in [0, 0.05) is 22.7 Å². The molecule has 0 atom stereocenters. The Bertz CT molecular complexity index is 559. The maximum Gasteiger partial charge on any atom is 0.337 e. The van der Waals surface area contributed by atoms with Crippen LogP contribution in [0.1, 0.15) is 20.7 Å². The summed E-state index contributed by atoms with van der Waals surface area (Å²) in [6, 6.07) is 2.98. The largest absolute Gasteiger partial charge is 0.478 e. The first-order valence-corrected chi connectivity index (χ1v) is 4.51. The molecule has 2 rings (SSSR count). The fourth-order valence-corrected chi connectivity index (χ4v) is 1.82. The molecule has 1 aromatic heterocycles. The Labute approximate surface area is 89.5 Å². The first kappa shape index (κ1) is 9.73. The molecule has 15 heavy (non-hydrogen) atoms. The first-order valence-electron chi connectivity index (χ1n) is 4.13. The van der Waals surface area contributed by atoms with Crippen molar-refractivity contribution in [1.29, 1.82) is 0 Å². The van der Waals surface area contributed by atoms with Crippen LogP contribution >= 0.6 is 11.6 Å². The molecule has 0 amide bonds. The summed E-state index contributed by atoms with van der Waals surface area (Å²) in [6.45, 7) is 0. The summed E-state index contributed by atoms with van der Waals surface area (Å²) < 4.78 is 0. The maximum atomic E-state index is 10.8. The van der Waals surface area contributed by atoms with Crippen molar-refractivity contribution in [3.8, 4) is 0 Å². The van der Waals surface area contributed by atoms with Crippen molar-refractivity contribution in [2.75, 3.05) is 0 Å². The summed E-state index contributed by atoms with van der Waals surface area (Å²) >= 11 is 5.90. The van der Waals surface area contributed by atoms with Crippen LogP contribution in [0.4, 0.5) is 0 Å². The molecular weight excluding hydrogens is 218 g/mol. The molecule has 0 spiro atoms. The normalized spacial score (nSPS) is 10.5. The molecule has 0 fully saturated rings. The number of nitrogens with one attached hydrogen (secondary N) is 1. The van der Waals surface area contributed by atoms with Crippen molar-refractivity contribution in [1.82, 2.24) is 4.98 Å². The van der Waals surface area contributed by atoms with E-state index in [1.165, 1.54) is 12.3 Å². The van der Waals surface area contributed by atoms with Crippen molar-refractivity contribution in [2.45, 2.75) is 0 Å². The first-order chi connectivity index (χ1) is 7.15. The zero-order valence-electron chi connectivity index (χ0n) is 7.45. The molecule has 0 saturated heterocycles. The van der Waals surface area contributed by atoms with Crippen LogP contribution in [0, 0.1) is 0 Å². The number of benzene rings is 1. The van der Waals surface area contributed by atoms with Gasteiger partial charge in [-0.25, -0.2) is 4.79 Å². The highest BCUT2D eigenvalue weighted by Gasteiger charge is 2.14. The molecule has 0 unspecified atom stereocenters. The second-order valence-electron chi connectivity index (χ2n) is 3.02. The van der Waals surface area contributed by atoms with E-state index in [9.17, 15) is 9.59 Å². The van der Waals surface area contributed by atoms with Crippen LogP contribution in [-0.2, 0) is 0 Å². The lowest BCUT2D eigenvalue weighted by atomic mass is 10.1. The molecule has 0 aliphatic heterocycles. The van der Waals surface area contributed by atoms with Crippen molar-refractivity contribution >= 4 is 34.8 Å². The number of fused-ring (bicyclic) bond motifs is 1. The zero-order valence-corrected chi connectivity index (χ0v) is 8.21. The van der Waals surface area contributed by atoms with E-state index in [0.717, 1.165) is 0 Å². The van der Waals surface area contributed by atoms with Gasteiger partial charge in [0.15, 0.2) is 6.29 Å². The molecule has 1 aromatic carbocycles. The molecule has 5 heteroatoms. The second-order valence-corrected chi connectivity index (χ2v) is 3.39. The lowest BCUT2D eigenvalue weighted by Crippen LogP contribution is -1.97. The number of aromatic amines is 1. The van der Waals surface area contributed by atoms with Crippen molar-refractivity contribution in [3.63, 3.8) is 0 Å². The number of aromatic carboxylic acids is 1. The fourth-order valence-electron chi connectivity index (χ4n) is 1.46. The van der Waals surface area contributed by atoms with Crippen LogP contribution in [0.2, 0.25) is 5.02 Å². The van der Waals surface area contributed by atoms with Crippen LogP contribution in [0.15, 0.2) is 18.3 Å². The van der Waals surface area contributed by atoms with Gasteiger partial charge >= 0.3 is 5.97 Å². The Hall–Kier alpha value is -1.81. The molecule has 76 valence electrons. The smallest absolute Gasteiger partial charge is 0.337 e. The van der Waals surface area contributed by atoms with Gasteiger partial charge in [0.25, 0.3) is 0 Å². The predicted octanol–water partition coefficient (Wildman–Crippen LogP) is 2.33. The van der Waals surface area contributed by atoms with Crippen LogP contribution in [0.5, 0.6) is 0 Å². The molecular formula is C10H6ClNO3. The fraction of sp³-hybridized carbons (Fsp3) is 0. The number of carboxylic acid groups (broad SMARTS) is 1. The highest BCUT2D eigenvalue weighted by atomic mass is 35.5. The van der Waals surface area contributed by atoms with Crippen molar-refractivity contribution in [3.05, 3.63) is 34.5 Å². The molecule has 0 radical (unpaired) electrons. The SMILES string of the molecule is O=Cc1c[nH]c2ccc(C(=O)O)c(Cl)c12. The van der Waals surface area contributed by atoms with E-state index in [4.69, 9.17) is 16.7 Å². The summed E-state index contributed by atoms with van der Waals surface area (Å²) in [7, 11) is 0. The molecule has 1 heterocycles. The second kappa shape index (κ2) is 3.40. The van der Waals surface area contributed by atoms with Crippen molar-refractivity contribution < 1.29 is 14.7 Å². The van der Waals surface area contributed by atoms with E-state index in [0.29, 0.717) is 22.8 Å². The van der Waals surface area contributed by atoms with Gasteiger partial charge in [-0.05, 0) is 12.1 Å². The predicted molar refractivity (Wildman–Crippen MR) is 55.7 cm³/mol. The van der Waals surface area contributed by atoms with E-state index in [2.05, 4.69) is 4.98 Å². The third-order valence-electron chi connectivity index (χ3n) is 2.17. The molecule has 4 nitrogen and oxygen atoms in total. The number of carbonyl (C=O) groups excluding carboxylic acids is 1. The lowest BCUT2D eigenvalue weighted by molar-refractivity contribution is 0.0697. The number of rotatable bonds is 2. The monoisotopic (exact) mass is 223 g/mol. The highest BCUT2D eigenvalue weighted by molar-refractivity contribution is 6.39. The van der Waals surface area contributed by atoms with Crippen LogP contribution in [0.25, 0.3) is 10.9 Å². The quantitative estimate of drug-likeness (QED) is 0.768. The number of H-pyrrole nitrogens is 1. The zero-order chi connectivity index (χ0) is 11.0. The molecule has 0 bridgehead atoms. The summed E-state index contributed by atoms with van der Waals surface area (Å²) in [4.78, 5) is 24.3. The molecule has 2 aromatic rings. The number of hydrogen-bond donors (Lipinski definition) is 2. The van der Waals surface area contributed by atoms with Crippen molar-refractivity contribution in [2.24, 2.45) is 0 Å². The van der Waals surface area contributed by atoms with Crippen LogP contribution in [0.3, 0.4) is 0 Å². The molecule has 0 saturated carbocycles. The van der Waals surface area contributed by atoms with Gasteiger partial charge in [0.2, 0.25) is 0 Å². The topological polar surface area (TPSA) is 70.2 Å². The van der Waals surface area contributed by atoms with E-state index in [1.54, 1.807) is 6.07 Å². The van der Waals surface area contributed by atoms with E-state index >= 15 is 0 Å². The minimum absolute atomic E-state index is 0.00753. The molecule has 0 aliphatic rings. The molecule has 2 N–H and O–H groups in total. The Morgan fingerprint density at radius 2 is 2.20 bits per heavy atom. The Balaban J connectivity index is 2.86. The van der Waals surface area contributed by atoms with Gasteiger partial charge in [0.1, 0.15) is 0 Å². The van der Waals surface area contributed by atoms with Gasteiger partial charge in [-0.15, -0.1) is 0 Å². The maximum absolute atomic E-state index is 10.8. The lowest BCUT2D eigenvalue weighted by Gasteiger charge is -2.00. The van der Waals surface area contributed by atoms with E-state index < -0.39 is 5.97 Å². The minimum Gasteiger partial charge on any atom is -0.478 e.